The van der Waals surface area contributed by atoms with Crippen LogP contribution < -0.4 is 5.32 Å². The van der Waals surface area contributed by atoms with Crippen LogP contribution in [0.25, 0.3) is 0 Å². The van der Waals surface area contributed by atoms with Crippen molar-refractivity contribution in [2.45, 2.75) is 19.3 Å². The quantitative estimate of drug-likeness (QED) is 0.532. The molecular weight excluding hydrogens is 220 g/mol. The molecule has 1 rings (SSSR count). The molecule has 0 bridgehead atoms. The van der Waals surface area contributed by atoms with Crippen molar-refractivity contribution < 1.29 is 14.3 Å². The lowest BCUT2D eigenvalue weighted by molar-refractivity contribution is -0.130. The number of hydrogen-bond donors (Lipinski definition) is 1. The van der Waals surface area contributed by atoms with Gasteiger partial charge in [0.2, 0.25) is 5.91 Å². The fraction of sp³-hybridized carbons (Fsp3) is 0.417. The number of amides is 1. The standard InChI is InChI=1S/C12H16N2O3/c15-10-17-9-3-5-12(16)14-8-6-11-4-1-2-7-13-11/h1-2,4,7,10H,3,5-6,8-9H2,(H,14,16). The number of rotatable bonds is 8. The first-order valence-corrected chi connectivity index (χ1v) is 5.55. The number of nitrogens with one attached hydrogen (secondary N) is 1. The van der Waals surface area contributed by atoms with Crippen molar-refractivity contribution in [2.75, 3.05) is 13.2 Å². The summed E-state index contributed by atoms with van der Waals surface area (Å²) in [4.78, 5) is 25.3. The van der Waals surface area contributed by atoms with Crippen LogP contribution >= 0.6 is 0 Å². The minimum atomic E-state index is -0.0320. The molecule has 1 N–H and O–H groups in total. The predicted molar refractivity (Wildman–Crippen MR) is 62.2 cm³/mol. The highest BCUT2D eigenvalue weighted by Gasteiger charge is 2.00. The van der Waals surface area contributed by atoms with Crippen LogP contribution in [0.1, 0.15) is 18.5 Å². The summed E-state index contributed by atoms with van der Waals surface area (Å²) in [7, 11) is 0. The number of carbonyl (C=O) groups is 2. The van der Waals surface area contributed by atoms with Gasteiger partial charge in [-0.25, -0.2) is 0 Å². The summed E-state index contributed by atoms with van der Waals surface area (Å²) in [6.45, 7) is 1.25. The number of pyridine rings is 1. The lowest BCUT2D eigenvalue weighted by Gasteiger charge is -2.04. The minimum Gasteiger partial charge on any atom is -0.468 e. The molecule has 1 amide bonds. The Hall–Kier alpha value is -1.91. The van der Waals surface area contributed by atoms with Gasteiger partial charge in [-0.1, -0.05) is 6.07 Å². The average molecular weight is 236 g/mol. The molecule has 0 aliphatic rings. The van der Waals surface area contributed by atoms with Gasteiger partial charge < -0.3 is 10.1 Å². The summed E-state index contributed by atoms with van der Waals surface area (Å²) in [5.74, 6) is -0.0320. The van der Waals surface area contributed by atoms with Crippen molar-refractivity contribution in [2.24, 2.45) is 0 Å². The van der Waals surface area contributed by atoms with E-state index in [1.165, 1.54) is 0 Å². The van der Waals surface area contributed by atoms with Gasteiger partial charge in [0, 0.05) is 31.3 Å². The largest absolute Gasteiger partial charge is 0.468 e. The maximum Gasteiger partial charge on any atom is 0.293 e. The first kappa shape index (κ1) is 13.2. The molecule has 17 heavy (non-hydrogen) atoms. The highest BCUT2D eigenvalue weighted by atomic mass is 16.5. The fourth-order valence-electron chi connectivity index (χ4n) is 1.33. The molecule has 1 aromatic heterocycles. The second kappa shape index (κ2) is 8.27. The van der Waals surface area contributed by atoms with Crippen molar-refractivity contribution in [3.05, 3.63) is 30.1 Å². The fourth-order valence-corrected chi connectivity index (χ4v) is 1.33. The third-order valence-electron chi connectivity index (χ3n) is 2.16. The monoisotopic (exact) mass is 236 g/mol. The Balaban J connectivity index is 2.06. The summed E-state index contributed by atoms with van der Waals surface area (Å²) < 4.78 is 4.49. The molecule has 0 aliphatic heterocycles. The summed E-state index contributed by atoms with van der Waals surface area (Å²) in [6.07, 6.45) is 3.37. The van der Waals surface area contributed by atoms with Gasteiger partial charge in [0.05, 0.1) is 6.61 Å². The highest BCUT2D eigenvalue weighted by Crippen LogP contribution is 1.94. The molecular formula is C12H16N2O3. The third kappa shape index (κ3) is 6.29. The van der Waals surface area contributed by atoms with Crippen LogP contribution in [0, 0.1) is 0 Å². The van der Waals surface area contributed by atoms with E-state index in [4.69, 9.17) is 0 Å². The second-order valence-electron chi connectivity index (χ2n) is 3.49. The number of hydrogen-bond acceptors (Lipinski definition) is 4. The molecule has 5 nitrogen and oxygen atoms in total. The van der Waals surface area contributed by atoms with Gasteiger partial charge in [-0.15, -0.1) is 0 Å². The first-order chi connectivity index (χ1) is 8.33. The van der Waals surface area contributed by atoms with Crippen molar-refractivity contribution in [1.29, 1.82) is 0 Å². The second-order valence-corrected chi connectivity index (χ2v) is 3.49. The maximum atomic E-state index is 11.3. The summed E-state index contributed by atoms with van der Waals surface area (Å²) in [5, 5.41) is 2.79. The van der Waals surface area contributed by atoms with E-state index in [0.29, 0.717) is 25.9 Å². The average Bonchev–Trinajstić information content (AvgIpc) is 2.36. The van der Waals surface area contributed by atoms with E-state index in [0.717, 1.165) is 12.1 Å². The van der Waals surface area contributed by atoms with E-state index in [-0.39, 0.29) is 12.5 Å². The number of nitrogens with zero attached hydrogens (tertiary/aromatic N) is 1. The van der Waals surface area contributed by atoms with Crippen LogP contribution in [0.3, 0.4) is 0 Å². The zero-order chi connectivity index (χ0) is 12.3. The SMILES string of the molecule is O=COCCCC(=O)NCCc1ccccn1. The lowest BCUT2D eigenvalue weighted by Crippen LogP contribution is -2.25. The normalized spacial score (nSPS) is 9.65. The molecule has 0 radical (unpaired) electrons. The molecule has 0 aromatic carbocycles. The van der Waals surface area contributed by atoms with Gasteiger partial charge >= 0.3 is 0 Å². The van der Waals surface area contributed by atoms with Gasteiger partial charge in [-0.2, -0.15) is 0 Å². The van der Waals surface area contributed by atoms with Crippen LogP contribution in [0.4, 0.5) is 0 Å². The molecule has 5 heteroatoms. The molecule has 0 fully saturated rings. The van der Waals surface area contributed by atoms with Crippen molar-refractivity contribution in [1.82, 2.24) is 10.3 Å². The Morgan fingerprint density at radius 2 is 2.35 bits per heavy atom. The first-order valence-electron chi connectivity index (χ1n) is 5.55. The van der Waals surface area contributed by atoms with E-state index in [9.17, 15) is 9.59 Å². The molecule has 0 saturated heterocycles. The van der Waals surface area contributed by atoms with E-state index in [1.807, 2.05) is 18.2 Å². The Morgan fingerprint density at radius 3 is 3.06 bits per heavy atom. The Labute approximate surface area is 100 Å². The Bertz CT molecular complexity index is 341. The van der Waals surface area contributed by atoms with E-state index in [2.05, 4.69) is 15.0 Å². The van der Waals surface area contributed by atoms with Gasteiger partial charge in [0.25, 0.3) is 6.47 Å². The molecule has 0 aliphatic carbocycles. The molecule has 0 unspecified atom stereocenters. The van der Waals surface area contributed by atoms with Gasteiger partial charge in [-0.3, -0.25) is 14.6 Å². The maximum absolute atomic E-state index is 11.3. The molecule has 0 atom stereocenters. The van der Waals surface area contributed by atoms with Crippen molar-refractivity contribution >= 4 is 12.4 Å². The highest BCUT2D eigenvalue weighted by molar-refractivity contribution is 5.75. The van der Waals surface area contributed by atoms with E-state index >= 15 is 0 Å². The topological polar surface area (TPSA) is 68.3 Å². The number of ether oxygens (including phenoxy) is 1. The Kier molecular flexibility index (Phi) is 6.40. The van der Waals surface area contributed by atoms with Crippen LogP contribution in [0.2, 0.25) is 0 Å². The number of carbonyl (C=O) groups excluding carboxylic acids is 2. The van der Waals surface area contributed by atoms with Crippen molar-refractivity contribution in [3.63, 3.8) is 0 Å². The smallest absolute Gasteiger partial charge is 0.293 e. The minimum absolute atomic E-state index is 0.0320. The lowest BCUT2D eigenvalue weighted by atomic mass is 10.2. The summed E-state index contributed by atoms with van der Waals surface area (Å²) >= 11 is 0. The van der Waals surface area contributed by atoms with Gasteiger partial charge in [-0.05, 0) is 18.6 Å². The summed E-state index contributed by atoms with van der Waals surface area (Å²) in [6, 6.07) is 5.69. The van der Waals surface area contributed by atoms with Crippen LogP contribution in [0.5, 0.6) is 0 Å². The van der Waals surface area contributed by atoms with Crippen LogP contribution in [0.15, 0.2) is 24.4 Å². The molecule has 0 spiro atoms. The van der Waals surface area contributed by atoms with Gasteiger partial charge in [0.15, 0.2) is 0 Å². The van der Waals surface area contributed by atoms with Gasteiger partial charge in [0.1, 0.15) is 0 Å². The number of aromatic nitrogens is 1. The zero-order valence-corrected chi connectivity index (χ0v) is 9.59. The molecule has 92 valence electrons. The van der Waals surface area contributed by atoms with Crippen LogP contribution in [-0.2, 0) is 20.7 Å². The van der Waals surface area contributed by atoms with E-state index in [1.54, 1.807) is 6.20 Å². The third-order valence-corrected chi connectivity index (χ3v) is 2.16. The van der Waals surface area contributed by atoms with Crippen molar-refractivity contribution in [3.8, 4) is 0 Å². The predicted octanol–water partition coefficient (Wildman–Crippen LogP) is 0.693. The summed E-state index contributed by atoms with van der Waals surface area (Å²) in [5.41, 5.74) is 0.956. The molecule has 0 saturated carbocycles. The van der Waals surface area contributed by atoms with E-state index < -0.39 is 0 Å². The Morgan fingerprint density at radius 1 is 1.47 bits per heavy atom. The molecule has 1 heterocycles. The zero-order valence-electron chi connectivity index (χ0n) is 9.59. The molecule has 1 aromatic rings. The van der Waals surface area contributed by atoms with Crippen LogP contribution in [-0.4, -0.2) is 30.5 Å².